The summed E-state index contributed by atoms with van der Waals surface area (Å²) in [6, 6.07) is 18.7. The van der Waals surface area contributed by atoms with E-state index < -0.39 is 5.41 Å². The molecular formula is C25H24N2O3. The second-order valence-electron chi connectivity index (χ2n) is 8.28. The number of H-pyrrole nitrogens is 1. The van der Waals surface area contributed by atoms with Crippen molar-refractivity contribution < 1.29 is 9.59 Å². The Labute approximate surface area is 175 Å². The highest BCUT2D eigenvalue weighted by molar-refractivity contribution is 6.39. The molecule has 0 fully saturated rings. The number of nitrogens with zero attached hydrogens (tertiary/aromatic N) is 1. The van der Waals surface area contributed by atoms with Gasteiger partial charge in [0.2, 0.25) is 0 Å². The van der Waals surface area contributed by atoms with Crippen molar-refractivity contribution in [1.82, 2.24) is 9.78 Å². The topological polar surface area (TPSA) is 71.9 Å². The molecule has 1 heterocycles. The normalized spacial score (nSPS) is 18.9. The molecule has 0 saturated heterocycles. The van der Waals surface area contributed by atoms with Gasteiger partial charge in [-0.3, -0.25) is 19.5 Å². The third kappa shape index (κ3) is 3.16. The third-order valence-corrected chi connectivity index (χ3v) is 5.75. The number of aromatic nitrogens is 2. The van der Waals surface area contributed by atoms with E-state index in [2.05, 4.69) is 5.10 Å². The Morgan fingerprint density at radius 1 is 0.933 bits per heavy atom. The van der Waals surface area contributed by atoms with Gasteiger partial charge in [0, 0.05) is 11.3 Å². The zero-order valence-electron chi connectivity index (χ0n) is 17.3. The third-order valence-electron chi connectivity index (χ3n) is 5.75. The molecule has 3 aromatic rings. The predicted molar refractivity (Wildman–Crippen MR) is 117 cm³/mol. The van der Waals surface area contributed by atoms with E-state index in [1.165, 1.54) is 10.8 Å². The second kappa shape index (κ2) is 7.41. The molecule has 2 aromatic carbocycles. The van der Waals surface area contributed by atoms with Gasteiger partial charge < -0.3 is 0 Å². The van der Waals surface area contributed by atoms with Gasteiger partial charge in [0.05, 0.1) is 16.7 Å². The van der Waals surface area contributed by atoms with Gasteiger partial charge in [0.25, 0.3) is 5.56 Å². The van der Waals surface area contributed by atoms with Gasteiger partial charge in [-0.1, -0.05) is 62.4 Å². The summed E-state index contributed by atoms with van der Waals surface area (Å²) in [4.78, 5) is 39.7. The summed E-state index contributed by atoms with van der Waals surface area (Å²) >= 11 is 0. The fourth-order valence-electron chi connectivity index (χ4n) is 4.01. The smallest absolute Gasteiger partial charge is 0.279 e. The van der Waals surface area contributed by atoms with E-state index in [0.29, 0.717) is 23.4 Å². The molecule has 0 aliphatic heterocycles. The maximum atomic E-state index is 13.5. The average molecular weight is 400 g/mol. The number of rotatable bonds is 5. The van der Waals surface area contributed by atoms with Gasteiger partial charge in [-0.05, 0) is 43.0 Å². The molecule has 152 valence electrons. The van der Waals surface area contributed by atoms with Crippen LogP contribution in [0.2, 0.25) is 0 Å². The van der Waals surface area contributed by atoms with Crippen LogP contribution in [0.25, 0.3) is 11.3 Å². The predicted octanol–water partition coefficient (Wildman–Crippen LogP) is 4.07. The fourth-order valence-corrected chi connectivity index (χ4v) is 4.01. The van der Waals surface area contributed by atoms with E-state index in [-0.39, 0.29) is 28.6 Å². The van der Waals surface area contributed by atoms with Crippen LogP contribution in [0.1, 0.15) is 43.5 Å². The largest absolute Gasteiger partial charge is 0.294 e. The lowest BCUT2D eigenvalue weighted by atomic mass is 9.78. The quantitative estimate of drug-likeness (QED) is 0.656. The Kier molecular flexibility index (Phi) is 4.90. The molecule has 1 N–H and O–H groups in total. The highest BCUT2D eigenvalue weighted by Crippen LogP contribution is 2.39. The minimum absolute atomic E-state index is 0.0255. The van der Waals surface area contributed by atoms with Crippen LogP contribution in [-0.2, 0) is 16.0 Å². The summed E-state index contributed by atoms with van der Waals surface area (Å²) in [5, 5.41) is 3.15. The number of carbonyl (C=O) groups is 2. The minimum Gasteiger partial charge on any atom is -0.294 e. The van der Waals surface area contributed by atoms with Crippen molar-refractivity contribution in [3.63, 3.8) is 0 Å². The van der Waals surface area contributed by atoms with Crippen molar-refractivity contribution in [2.24, 2.45) is 5.41 Å². The van der Waals surface area contributed by atoms with Crippen LogP contribution in [0.3, 0.4) is 0 Å². The molecule has 30 heavy (non-hydrogen) atoms. The Bertz CT molecular complexity index is 1200. The first kappa shape index (κ1) is 19.8. The number of allylic oxidation sites excluding steroid dienone is 2. The zero-order chi connectivity index (χ0) is 21.5. The Morgan fingerprint density at radius 2 is 1.53 bits per heavy atom. The summed E-state index contributed by atoms with van der Waals surface area (Å²) in [5.41, 5.74) is 1.23. The molecule has 5 heteroatoms. The van der Waals surface area contributed by atoms with Crippen LogP contribution in [0.4, 0.5) is 0 Å². The number of hydrogen-bond acceptors (Lipinski definition) is 3. The van der Waals surface area contributed by atoms with E-state index in [9.17, 15) is 14.4 Å². The van der Waals surface area contributed by atoms with Gasteiger partial charge in [0.1, 0.15) is 0 Å². The number of hydrogen-bond donors (Lipinski definition) is 1. The summed E-state index contributed by atoms with van der Waals surface area (Å²) in [5.74, 6) is -0.579. The number of aromatic amines is 1. The van der Waals surface area contributed by atoms with Crippen molar-refractivity contribution in [2.75, 3.05) is 0 Å². The zero-order valence-corrected chi connectivity index (χ0v) is 17.3. The van der Waals surface area contributed by atoms with Crippen LogP contribution >= 0.6 is 0 Å². The molecule has 0 saturated carbocycles. The molecule has 0 amide bonds. The summed E-state index contributed by atoms with van der Waals surface area (Å²) in [6.07, 6.45) is 1.66. The highest BCUT2D eigenvalue weighted by Gasteiger charge is 2.48. The first-order chi connectivity index (χ1) is 14.3. The molecule has 1 aromatic heterocycles. The number of nitrogens with one attached hydrogen (secondary N) is 1. The van der Waals surface area contributed by atoms with E-state index in [4.69, 9.17) is 0 Å². The lowest BCUT2D eigenvalue weighted by Crippen LogP contribution is -2.34. The molecule has 1 aliphatic rings. The second-order valence-corrected chi connectivity index (χ2v) is 8.28. The number of benzene rings is 2. The molecule has 0 radical (unpaired) electrons. The first-order valence-corrected chi connectivity index (χ1v) is 10.1. The van der Waals surface area contributed by atoms with E-state index in [1.807, 2.05) is 74.5 Å². The highest BCUT2D eigenvalue weighted by atomic mass is 16.2. The van der Waals surface area contributed by atoms with E-state index >= 15 is 0 Å². The maximum absolute atomic E-state index is 13.5. The monoisotopic (exact) mass is 400 g/mol. The lowest BCUT2D eigenvalue weighted by molar-refractivity contribution is -0.131. The Morgan fingerprint density at radius 3 is 2.13 bits per heavy atom. The van der Waals surface area contributed by atoms with Crippen molar-refractivity contribution >= 4 is 17.1 Å². The van der Waals surface area contributed by atoms with Gasteiger partial charge >= 0.3 is 0 Å². The standard InChI is InChI=1S/C25H24N2O3/c1-16(2)22-21(24(30)27(26-22)18-12-8-5-9-13-18)19-14-20(28)25(3,23(19)29)15-17-10-6-4-7-11-17/h4-14,16,26H,15H2,1-3H3/t25-/m1/s1. The summed E-state index contributed by atoms with van der Waals surface area (Å²) < 4.78 is 1.44. The molecule has 4 rings (SSSR count). The number of carbonyl (C=O) groups excluding carboxylic acids is 2. The van der Waals surface area contributed by atoms with Gasteiger partial charge in [0.15, 0.2) is 11.6 Å². The molecule has 0 bridgehead atoms. The summed E-state index contributed by atoms with van der Waals surface area (Å²) in [6.45, 7) is 5.58. The number of Topliss-reactive ketones (excluding diaryl/α,β-unsaturated/α-hetero) is 1. The van der Waals surface area contributed by atoms with Crippen LogP contribution in [0.5, 0.6) is 0 Å². The molecule has 1 aliphatic carbocycles. The molecule has 1 atom stereocenters. The Hall–Kier alpha value is -3.47. The molecular weight excluding hydrogens is 376 g/mol. The SMILES string of the molecule is CC(C)c1[nH]n(-c2ccccc2)c(=O)c1C1=CC(=O)[C@@](C)(Cc2ccccc2)C1=O. The van der Waals surface area contributed by atoms with Crippen LogP contribution in [-0.4, -0.2) is 21.3 Å². The van der Waals surface area contributed by atoms with Gasteiger partial charge in [-0.25, -0.2) is 4.68 Å². The van der Waals surface area contributed by atoms with Crippen molar-refractivity contribution in [2.45, 2.75) is 33.1 Å². The van der Waals surface area contributed by atoms with Crippen LogP contribution in [0.15, 0.2) is 71.5 Å². The molecule has 5 nitrogen and oxygen atoms in total. The van der Waals surface area contributed by atoms with E-state index in [0.717, 1.165) is 5.56 Å². The van der Waals surface area contributed by atoms with Gasteiger partial charge in [-0.2, -0.15) is 0 Å². The van der Waals surface area contributed by atoms with E-state index in [1.54, 1.807) is 6.92 Å². The Balaban J connectivity index is 1.80. The average Bonchev–Trinajstić information content (AvgIpc) is 3.19. The first-order valence-electron chi connectivity index (χ1n) is 10.1. The maximum Gasteiger partial charge on any atom is 0.279 e. The fraction of sp³-hybridized carbons (Fsp3) is 0.240. The number of para-hydroxylation sites is 1. The van der Waals surface area contributed by atoms with Crippen molar-refractivity contribution in [3.05, 3.63) is 93.9 Å². The molecule has 0 spiro atoms. The van der Waals surface area contributed by atoms with Crippen LogP contribution in [0, 0.1) is 5.41 Å². The molecule has 0 unspecified atom stereocenters. The number of ketones is 2. The van der Waals surface area contributed by atoms with Gasteiger partial charge in [-0.15, -0.1) is 0 Å². The van der Waals surface area contributed by atoms with Crippen molar-refractivity contribution in [3.8, 4) is 5.69 Å². The van der Waals surface area contributed by atoms with Crippen LogP contribution < -0.4 is 5.56 Å². The minimum atomic E-state index is -1.20. The van der Waals surface area contributed by atoms with Crippen molar-refractivity contribution in [1.29, 1.82) is 0 Å². The lowest BCUT2D eigenvalue weighted by Gasteiger charge is -2.21. The summed E-state index contributed by atoms with van der Waals surface area (Å²) in [7, 11) is 0.